The van der Waals surface area contributed by atoms with Gasteiger partial charge in [0.05, 0.1) is 10.6 Å². The van der Waals surface area contributed by atoms with Crippen molar-refractivity contribution in [2.24, 2.45) is 0 Å². The number of carbonyl (C=O) groups is 2. The number of rotatable bonds is 10. The molecule has 0 bridgehead atoms. The topological polar surface area (TPSA) is 86.8 Å². The SMILES string of the molecule is CCNC(=O)[C@H](C)N(Cc1ccc(C)cc1)C(=O)CN(c1cc(Cl)cc(Cl)c1)S(=O)(=O)c1ccc(C)cc1. The van der Waals surface area contributed by atoms with E-state index in [1.54, 1.807) is 26.0 Å². The molecular formula is C28H31Cl2N3O4S. The van der Waals surface area contributed by atoms with E-state index in [2.05, 4.69) is 5.32 Å². The number of aryl methyl sites for hydroxylation is 2. The van der Waals surface area contributed by atoms with Crippen molar-refractivity contribution >= 4 is 50.7 Å². The molecule has 2 amide bonds. The van der Waals surface area contributed by atoms with Gasteiger partial charge < -0.3 is 10.2 Å². The Morgan fingerprint density at radius 1 is 0.895 bits per heavy atom. The third-order valence-corrected chi connectivity index (χ3v) is 8.24. The number of anilines is 1. The molecule has 3 aromatic carbocycles. The lowest BCUT2D eigenvalue weighted by atomic mass is 10.1. The van der Waals surface area contributed by atoms with E-state index < -0.39 is 28.5 Å². The van der Waals surface area contributed by atoms with Crippen molar-refractivity contribution in [3.05, 3.63) is 93.5 Å². The van der Waals surface area contributed by atoms with Crippen LogP contribution in [0, 0.1) is 13.8 Å². The molecule has 7 nitrogen and oxygen atoms in total. The normalized spacial score (nSPS) is 12.1. The summed E-state index contributed by atoms with van der Waals surface area (Å²) in [6, 6.07) is 17.4. The van der Waals surface area contributed by atoms with Crippen LogP contribution in [0.3, 0.4) is 0 Å². The zero-order valence-electron chi connectivity index (χ0n) is 21.7. The van der Waals surface area contributed by atoms with Gasteiger partial charge >= 0.3 is 0 Å². The highest BCUT2D eigenvalue weighted by Crippen LogP contribution is 2.30. The molecule has 3 rings (SSSR count). The van der Waals surface area contributed by atoms with E-state index in [-0.39, 0.29) is 33.1 Å². The van der Waals surface area contributed by atoms with Gasteiger partial charge in [-0.25, -0.2) is 8.42 Å². The summed E-state index contributed by atoms with van der Waals surface area (Å²) in [5, 5.41) is 3.17. The molecule has 0 saturated carbocycles. The van der Waals surface area contributed by atoms with Crippen molar-refractivity contribution in [3.63, 3.8) is 0 Å². The maximum Gasteiger partial charge on any atom is 0.264 e. The van der Waals surface area contributed by atoms with Crippen molar-refractivity contribution in [3.8, 4) is 0 Å². The molecule has 0 saturated heterocycles. The Morgan fingerprint density at radius 3 is 1.95 bits per heavy atom. The fourth-order valence-corrected chi connectivity index (χ4v) is 5.76. The summed E-state index contributed by atoms with van der Waals surface area (Å²) in [6.45, 7) is 7.15. The number of carbonyl (C=O) groups excluding carboxylic acids is 2. The van der Waals surface area contributed by atoms with Gasteiger partial charge in [-0.3, -0.25) is 13.9 Å². The van der Waals surface area contributed by atoms with Gasteiger partial charge in [-0.2, -0.15) is 0 Å². The summed E-state index contributed by atoms with van der Waals surface area (Å²) in [5.41, 5.74) is 2.88. The highest BCUT2D eigenvalue weighted by molar-refractivity contribution is 7.92. The van der Waals surface area contributed by atoms with Crippen molar-refractivity contribution < 1.29 is 18.0 Å². The van der Waals surface area contributed by atoms with E-state index in [1.807, 2.05) is 38.1 Å². The third-order valence-electron chi connectivity index (χ3n) is 6.01. The summed E-state index contributed by atoms with van der Waals surface area (Å²) in [7, 11) is -4.20. The minimum atomic E-state index is -4.20. The van der Waals surface area contributed by atoms with Crippen molar-refractivity contribution in [2.45, 2.75) is 45.2 Å². The smallest absolute Gasteiger partial charge is 0.264 e. The molecule has 3 aromatic rings. The quantitative estimate of drug-likeness (QED) is 0.352. The fraction of sp³-hybridized carbons (Fsp3) is 0.286. The summed E-state index contributed by atoms with van der Waals surface area (Å²) < 4.78 is 28.6. The van der Waals surface area contributed by atoms with E-state index in [1.165, 1.54) is 35.2 Å². The molecule has 10 heteroatoms. The summed E-state index contributed by atoms with van der Waals surface area (Å²) in [6.07, 6.45) is 0. The fourth-order valence-electron chi connectivity index (χ4n) is 3.84. The molecule has 202 valence electrons. The van der Waals surface area contributed by atoms with Crippen LogP contribution in [-0.2, 0) is 26.2 Å². The first-order valence-corrected chi connectivity index (χ1v) is 14.3. The maximum atomic E-state index is 13.8. The number of amides is 2. The summed E-state index contributed by atoms with van der Waals surface area (Å²) in [5.74, 6) is -0.900. The molecule has 1 N–H and O–H groups in total. The molecule has 0 radical (unpaired) electrons. The molecule has 0 aliphatic heterocycles. The molecule has 0 heterocycles. The Balaban J connectivity index is 2.06. The van der Waals surface area contributed by atoms with E-state index in [9.17, 15) is 18.0 Å². The minimum absolute atomic E-state index is 0.00820. The molecule has 0 fully saturated rings. The second-order valence-electron chi connectivity index (χ2n) is 9.03. The maximum absolute atomic E-state index is 13.8. The third kappa shape index (κ3) is 7.28. The van der Waals surface area contributed by atoms with Crippen molar-refractivity contribution in [2.75, 3.05) is 17.4 Å². The van der Waals surface area contributed by atoms with Gasteiger partial charge in [-0.1, -0.05) is 70.7 Å². The Labute approximate surface area is 234 Å². The molecular weight excluding hydrogens is 545 g/mol. The van der Waals surface area contributed by atoms with Gasteiger partial charge in [0.25, 0.3) is 10.0 Å². The lowest BCUT2D eigenvalue weighted by molar-refractivity contribution is -0.139. The number of hydrogen-bond acceptors (Lipinski definition) is 4. The monoisotopic (exact) mass is 575 g/mol. The molecule has 0 aliphatic rings. The number of nitrogens with one attached hydrogen (secondary N) is 1. The van der Waals surface area contributed by atoms with Gasteiger partial charge in [0.15, 0.2) is 0 Å². The van der Waals surface area contributed by atoms with E-state index in [0.717, 1.165) is 21.0 Å². The predicted molar refractivity (Wildman–Crippen MR) is 152 cm³/mol. The zero-order valence-corrected chi connectivity index (χ0v) is 24.1. The number of hydrogen-bond donors (Lipinski definition) is 1. The first-order chi connectivity index (χ1) is 17.9. The van der Waals surface area contributed by atoms with Crippen LogP contribution >= 0.6 is 23.2 Å². The predicted octanol–water partition coefficient (Wildman–Crippen LogP) is 5.36. The van der Waals surface area contributed by atoms with Crippen LogP contribution in [0.15, 0.2) is 71.6 Å². The number of sulfonamides is 1. The minimum Gasteiger partial charge on any atom is -0.355 e. The average molecular weight is 577 g/mol. The first kappa shape index (κ1) is 29.5. The van der Waals surface area contributed by atoms with Gasteiger partial charge in [-0.15, -0.1) is 0 Å². The van der Waals surface area contributed by atoms with Crippen LogP contribution in [0.2, 0.25) is 10.0 Å². The number of nitrogens with zero attached hydrogens (tertiary/aromatic N) is 2. The lowest BCUT2D eigenvalue weighted by Crippen LogP contribution is -2.51. The number of halogens is 2. The van der Waals surface area contributed by atoms with Crippen LogP contribution in [0.1, 0.15) is 30.5 Å². The zero-order chi connectivity index (χ0) is 28.0. The van der Waals surface area contributed by atoms with Crippen LogP contribution < -0.4 is 9.62 Å². The molecule has 38 heavy (non-hydrogen) atoms. The first-order valence-electron chi connectivity index (χ1n) is 12.1. The highest BCUT2D eigenvalue weighted by Gasteiger charge is 2.32. The van der Waals surface area contributed by atoms with Gasteiger partial charge in [-0.05, 0) is 63.6 Å². The molecule has 0 aliphatic carbocycles. The Bertz CT molecular complexity index is 1370. The molecule has 1 atom stereocenters. The van der Waals surface area contributed by atoms with Crippen LogP contribution in [0.25, 0.3) is 0 Å². The van der Waals surface area contributed by atoms with Crippen LogP contribution in [0.5, 0.6) is 0 Å². The average Bonchev–Trinajstić information content (AvgIpc) is 2.86. The largest absolute Gasteiger partial charge is 0.355 e. The van der Waals surface area contributed by atoms with Gasteiger partial charge in [0, 0.05) is 23.1 Å². The Hall–Kier alpha value is -3.07. The summed E-state index contributed by atoms with van der Waals surface area (Å²) >= 11 is 12.4. The summed E-state index contributed by atoms with van der Waals surface area (Å²) in [4.78, 5) is 28.0. The molecule has 0 aromatic heterocycles. The number of benzene rings is 3. The number of likely N-dealkylation sites (N-methyl/N-ethyl adjacent to an activating group) is 1. The highest BCUT2D eigenvalue weighted by atomic mass is 35.5. The van der Waals surface area contributed by atoms with E-state index in [4.69, 9.17) is 23.2 Å². The van der Waals surface area contributed by atoms with Crippen molar-refractivity contribution in [1.82, 2.24) is 10.2 Å². The standard InChI is InChI=1S/C28H31Cl2N3O4S/c1-5-31-28(35)21(4)32(17-22-10-6-19(2)7-11-22)27(34)18-33(25-15-23(29)14-24(30)16-25)38(36,37)26-12-8-20(3)9-13-26/h6-16,21H,5,17-18H2,1-4H3,(H,31,35)/t21-/m0/s1. The van der Waals surface area contributed by atoms with E-state index >= 15 is 0 Å². The van der Waals surface area contributed by atoms with Crippen LogP contribution in [0.4, 0.5) is 5.69 Å². The van der Waals surface area contributed by atoms with Crippen molar-refractivity contribution in [1.29, 1.82) is 0 Å². The van der Waals surface area contributed by atoms with Gasteiger partial charge in [0.1, 0.15) is 12.6 Å². The van der Waals surface area contributed by atoms with Crippen LogP contribution in [-0.4, -0.2) is 44.3 Å². The van der Waals surface area contributed by atoms with E-state index in [0.29, 0.717) is 6.54 Å². The van der Waals surface area contributed by atoms with Gasteiger partial charge in [0.2, 0.25) is 11.8 Å². The lowest BCUT2D eigenvalue weighted by Gasteiger charge is -2.32. The molecule has 0 unspecified atom stereocenters. The Morgan fingerprint density at radius 2 is 1.42 bits per heavy atom. The Kier molecular flexibility index (Phi) is 9.82. The second-order valence-corrected chi connectivity index (χ2v) is 11.8. The molecule has 0 spiro atoms. The second kappa shape index (κ2) is 12.7.